The summed E-state index contributed by atoms with van der Waals surface area (Å²) in [7, 11) is 0. The Morgan fingerprint density at radius 1 is 0.536 bits per heavy atom. The predicted octanol–water partition coefficient (Wildman–Crippen LogP) is 13.1. The number of ketones is 1. The van der Waals surface area contributed by atoms with Crippen molar-refractivity contribution in [2.45, 2.75) is 165 Å². The van der Waals surface area contributed by atoms with E-state index in [1.165, 1.54) is 44.5 Å². The van der Waals surface area contributed by atoms with Gasteiger partial charge in [-0.15, -0.1) is 0 Å². The Labute approximate surface area is 340 Å². The van der Waals surface area contributed by atoms with E-state index in [1.807, 2.05) is 46.8 Å². The summed E-state index contributed by atoms with van der Waals surface area (Å²) in [4.78, 5) is 12.3. The standard InChI is InChI=1S/C26H38O2.C26H36O2/c2*1-8-26(9-2,22-13-14-23(27)19(4)17-22)21-12-10-20(18(3)16-21)11-15-24(28)25(5,6)7/h10,12-14,16-17,24,27-28H,8-9,11,15H2,1-7H3;10,12-14,16-17,27H,8-9,11,15H2,1-7H3. The van der Waals surface area contributed by atoms with Crippen LogP contribution in [0.25, 0.3) is 0 Å². The van der Waals surface area contributed by atoms with Crippen LogP contribution in [0, 0.1) is 38.5 Å². The molecule has 1 atom stereocenters. The molecule has 4 heteroatoms. The lowest BCUT2D eigenvalue weighted by atomic mass is 9.69. The topological polar surface area (TPSA) is 77.8 Å². The smallest absolute Gasteiger partial charge is 0.138 e. The summed E-state index contributed by atoms with van der Waals surface area (Å²) >= 11 is 0. The summed E-state index contributed by atoms with van der Waals surface area (Å²) in [5.74, 6) is 1.01. The highest BCUT2D eigenvalue weighted by Gasteiger charge is 2.33. The van der Waals surface area contributed by atoms with E-state index < -0.39 is 0 Å². The van der Waals surface area contributed by atoms with Crippen LogP contribution in [0.4, 0.5) is 0 Å². The molecule has 0 aliphatic rings. The first kappa shape index (κ1) is 46.5. The minimum Gasteiger partial charge on any atom is -0.508 e. The molecule has 4 rings (SSSR count). The molecule has 0 amide bonds. The molecule has 0 bridgehead atoms. The van der Waals surface area contributed by atoms with Crippen molar-refractivity contribution in [3.05, 3.63) is 128 Å². The van der Waals surface area contributed by atoms with Crippen molar-refractivity contribution in [2.24, 2.45) is 10.8 Å². The second kappa shape index (κ2) is 19.0. The second-order valence-corrected chi connectivity index (χ2v) is 18.5. The first-order valence-corrected chi connectivity index (χ1v) is 21.1. The Morgan fingerprint density at radius 3 is 1.18 bits per heavy atom. The number of aryl methyl sites for hydroxylation is 6. The van der Waals surface area contributed by atoms with Crippen molar-refractivity contribution >= 4 is 5.78 Å². The van der Waals surface area contributed by atoms with Crippen LogP contribution in [0.2, 0.25) is 0 Å². The molecule has 56 heavy (non-hydrogen) atoms. The molecule has 0 spiro atoms. The Kier molecular flexibility index (Phi) is 15.8. The van der Waals surface area contributed by atoms with Gasteiger partial charge in [0.25, 0.3) is 0 Å². The highest BCUT2D eigenvalue weighted by molar-refractivity contribution is 5.83. The number of aliphatic hydroxyl groups excluding tert-OH is 1. The fourth-order valence-corrected chi connectivity index (χ4v) is 8.27. The maximum Gasteiger partial charge on any atom is 0.138 e. The van der Waals surface area contributed by atoms with Gasteiger partial charge in [0.2, 0.25) is 0 Å². The highest BCUT2D eigenvalue weighted by atomic mass is 16.3. The number of rotatable bonds is 14. The molecule has 0 heterocycles. The summed E-state index contributed by atoms with van der Waals surface area (Å²) in [6, 6.07) is 25.6. The summed E-state index contributed by atoms with van der Waals surface area (Å²) in [5.41, 5.74) is 11.6. The van der Waals surface area contributed by atoms with Gasteiger partial charge in [0.1, 0.15) is 17.3 Å². The van der Waals surface area contributed by atoms with E-state index in [1.54, 1.807) is 0 Å². The molecular formula is C52H74O4. The zero-order valence-corrected chi connectivity index (χ0v) is 37.4. The van der Waals surface area contributed by atoms with Crippen LogP contribution < -0.4 is 0 Å². The van der Waals surface area contributed by atoms with Crippen LogP contribution >= 0.6 is 0 Å². The van der Waals surface area contributed by atoms with Gasteiger partial charge in [0.15, 0.2) is 0 Å². The van der Waals surface area contributed by atoms with Crippen LogP contribution in [0.5, 0.6) is 11.5 Å². The van der Waals surface area contributed by atoms with Crippen LogP contribution in [-0.2, 0) is 28.5 Å². The van der Waals surface area contributed by atoms with E-state index in [4.69, 9.17) is 0 Å². The van der Waals surface area contributed by atoms with Crippen LogP contribution in [0.1, 0.15) is 163 Å². The molecule has 0 aromatic heterocycles. The Balaban J connectivity index is 0.000000300. The monoisotopic (exact) mass is 763 g/mol. The van der Waals surface area contributed by atoms with Gasteiger partial charge in [-0.1, -0.05) is 130 Å². The van der Waals surface area contributed by atoms with Crippen LogP contribution in [0.3, 0.4) is 0 Å². The number of carbonyl (C=O) groups is 1. The molecule has 0 saturated carbocycles. The highest BCUT2D eigenvalue weighted by Crippen LogP contribution is 2.42. The Morgan fingerprint density at radius 2 is 0.875 bits per heavy atom. The van der Waals surface area contributed by atoms with Gasteiger partial charge in [-0.2, -0.15) is 0 Å². The average Bonchev–Trinajstić information content (AvgIpc) is 3.14. The molecule has 306 valence electrons. The number of benzene rings is 4. The number of hydrogen-bond acceptors (Lipinski definition) is 4. The molecule has 4 aromatic carbocycles. The number of phenolic OH excluding ortho intramolecular Hbond substituents is 2. The van der Waals surface area contributed by atoms with Gasteiger partial charge in [-0.05, 0) is 146 Å². The summed E-state index contributed by atoms with van der Waals surface area (Å²) in [6.45, 7) is 29.4. The summed E-state index contributed by atoms with van der Waals surface area (Å²) < 4.78 is 0. The maximum absolute atomic E-state index is 12.3. The first-order chi connectivity index (χ1) is 26.1. The second-order valence-electron chi connectivity index (χ2n) is 18.5. The molecule has 0 saturated heterocycles. The summed E-state index contributed by atoms with van der Waals surface area (Å²) in [5, 5.41) is 30.3. The fraction of sp³-hybridized carbons (Fsp3) is 0.519. The van der Waals surface area contributed by atoms with Crippen molar-refractivity contribution in [2.75, 3.05) is 0 Å². The van der Waals surface area contributed by atoms with E-state index in [2.05, 4.69) is 123 Å². The van der Waals surface area contributed by atoms with Gasteiger partial charge in [-0.25, -0.2) is 0 Å². The molecule has 4 aromatic rings. The van der Waals surface area contributed by atoms with Crippen molar-refractivity contribution in [3.63, 3.8) is 0 Å². The molecule has 0 radical (unpaired) electrons. The summed E-state index contributed by atoms with van der Waals surface area (Å²) in [6.07, 6.45) is 6.78. The van der Waals surface area contributed by atoms with E-state index in [0.717, 1.165) is 56.1 Å². The van der Waals surface area contributed by atoms with Crippen molar-refractivity contribution in [1.29, 1.82) is 0 Å². The fourth-order valence-electron chi connectivity index (χ4n) is 8.27. The van der Waals surface area contributed by atoms with Gasteiger partial charge < -0.3 is 15.3 Å². The lowest BCUT2D eigenvalue weighted by molar-refractivity contribution is -0.126. The van der Waals surface area contributed by atoms with Gasteiger partial charge in [-0.3, -0.25) is 4.79 Å². The third-order valence-corrected chi connectivity index (χ3v) is 12.8. The third-order valence-electron chi connectivity index (χ3n) is 12.8. The zero-order chi connectivity index (χ0) is 42.2. The van der Waals surface area contributed by atoms with E-state index >= 15 is 0 Å². The van der Waals surface area contributed by atoms with Gasteiger partial charge in [0, 0.05) is 22.7 Å². The van der Waals surface area contributed by atoms with Crippen LogP contribution in [-0.4, -0.2) is 27.2 Å². The minimum absolute atomic E-state index is 0.0489. The molecule has 4 nitrogen and oxygen atoms in total. The predicted molar refractivity (Wildman–Crippen MR) is 237 cm³/mol. The van der Waals surface area contributed by atoms with E-state index in [9.17, 15) is 20.1 Å². The normalized spacial score (nSPS) is 12.9. The quantitative estimate of drug-likeness (QED) is 0.120. The van der Waals surface area contributed by atoms with Crippen molar-refractivity contribution < 1.29 is 20.1 Å². The first-order valence-electron chi connectivity index (χ1n) is 21.1. The number of hydrogen-bond donors (Lipinski definition) is 3. The van der Waals surface area contributed by atoms with Crippen LogP contribution in [0.15, 0.2) is 72.8 Å². The molecule has 0 aliphatic carbocycles. The SMILES string of the molecule is CCC(CC)(c1ccc(O)c(C)c1)c1ccc(CCC(=O)C(C)(C)C)c(C)c1.CCC(CC)(c1ccc(O)c(C)c1)c1ccc(CCC(O)C(C)(C)C)c(C)c1. The molecule has 3 N–H and O–H groups in total. The lowest BCUT2D eigenvalue weighted by Crippen LogP contribution is -2.27. The lowest BCUT2D eigenvalue weighted by Gasteiger charge is -2.34. The van der Waals surface area contributed by atoms with E-state index in [-0.39, 0.29) is 27.8 Å². The minimum atomic E-state index is -0.295. The third kappa shape index (κ3) is 10.7. The molecule has 1 unspecified atom stereocenters. The maximum atomic E-state index is 12.3. The number of Topliss-reactive ketones (excluding diaryl/α,β-unsaturated/α-hetero) is 1. The molecular weight excluding hydrogens is 689 g/mol. The van der Waals surface area contributed by atoms with Gasteiger partial charge in [0.05, 0.1) is 6.10 Å². The average molecular weight is 763 g/mol. The number of aliphatic hydroxyl groups is 1. The number of carbonyl (C=O) groups excluding carboxylic acids is 1. The van der Waals surface area contributed by atoms with Crippen molar-refractivity contribution in [1.82, 2.24) is 0 Å². The Hall–Kier alpha value is -3.89. The Bertz CT molecular complexity index is 1910. The molecule has 0 fully saturated rings. The number of phenols is 2. The zero-order valence-electron chi connectivity index (χ0n) is 37.4. The van der Waals surface area contributed by atoms with E-state index in [0.29, 0.717) is 23.7 Å². The molecule has 0 aliphatic heterocycles. The van der Waals surface area contributed by atoms with Crippen molar-refractivity contribution in [3.8, 4) is 11.5 Å². The van der Waals surface area contributed by atoms with Gasteiger partial charge >= 0.3 is 0 Å². The number of aromatic hydroxyl groups is 2. The largest absolute Gasteiger partial charge is 0.508 e.